The van der Waals surface area contributed by atoms with Crippen LogP contribution in [0.3, 0.4) is 0 Å². The van der Waals surface area contributed by atoms with E-state index >= 15 is 0 Å². The van der Waals surface area contributed by atoms with E-state index in [4.69, 9.17) is 4.52 Å². The molecule has 116 valence electrons. The van der Waals surface area contributed by atoms with Gasteiger partial charge >= 0.3 is 0 Å². The molecular formula is C16H18FN3O2. The van der Waals surface area contributed by atoms with Crippen LogP contribution in [-0.2, 0) is 11.3 Å². The van der Waals surface area contributed by atoms with Crippen LogP contribution in [-0.4, -0.2) is 16.0 Å². The van der Waals surface area contributed by atoms with E-state index in [1.54, 1.807) is 6.07 Å². The van der Waals surface area contributed by atoms with E-state index in [-0.39, 0.29) is 11.8 Å². The normalized spacial score (nSPS) is 15.7. The van der Waals surface area contributed by atoms with Crippen molar-refractivity contribution in [3.05, 3.63) is 35.9 Å². The lowest BCUT2D eigenvalue weighted by molar-refractivity contribution is -0.126. The standard InChI is InChI=1S/C16H18FN3O2/c17-12-6-7-14(18-9-12)15-8-13(20-22-15)10-19-16(21)11-4-2-1-3-5-11/h6-9,11H,1-5,10H2,(H,19,21). The van der Waals surface area contributed by atoms with Crippen LogP contribution in [0.5, 0.6) is 0 Å². The third-order valence-electron chi connectivity index (χ3n) is 3.96. The largest absolute Gasteiger partial charge is 0.354 e. The first kappa shape index (κ1) is 14.7. The van der Waals surface area contributed by atoms with E-state index in [1.807, 2.05) is 0 Å². The van der Waals surface area contributed by atoms with Gasteiger partial charge in [-0.25, -0.2) is 9.37 Å². The van der Waals surface area contributed by atoms with E-state index in [0.29, 0.717) is 23.7 Å². The molecule has 22 heavy (non-hydrogen) atoms. The third-order valence-corrected chi connectivity index (χ3v) is 3.96. The van der Waals surface area contributed by atoms with E-state index < -0.39 is 5.82 Å². The fraction of sp³-hybridized carbons (Fsp3) is 0.438. The van der Waals surface area contributed by atoms with Gasteiger partial charge in [0.05, 0.1) is 12.7 Å². The molecule has 0 bridgehead atoms. The number of carbonyl (C=O) groups excluding carboxylic acids is 1. The second-order valence-electron chi connectivity index (χ2n) is 5.60. The van der Waals surface area contributed by atoms with Crippen molar-refractivity contribution in [1.82, 2.24) is 15.5 Å². The van der Waals surface area contributed by atoms with Crippen LogP contribution in [0.1, 0.15) is 37.8 Å². The number of rotatable bonds is 4. The third kappa shape index (κ3) is 3.50. The molecule has 1 aliphatic carbocycles. The lowest BCUT2D eigenvalue weighted by atomic mass is 9.89. The molecule has 2 aromatic heterocycles. The lowest BCUT2D eigenvalue weighted by Gasteiger charge is -2.20. The van der Waals surface area contributed by atoms with Crippen LogP contribution in [0.4, 0.5) is 4.39 Å². The van der Waals surface area contributed by atoms with Gasteiger partial charge in [-0.1, -0.05) is 24.4 Å². The van der Waals surface area contributed by atoms with Gasteiger partial charge < -0.3 is 9.84 Å². The quantitative estimate of drug-likeness (QED) is 0.942. The van der Waals surface area contributed by atoms with E-state index in [2.05, 4.69) is 15.5 Å². The lowest BCUT2D eigenvalue weighted by Crippen LogP contribution is -2.31. The number of halogens is 1. The summed E-state index contributed by atoms with van der Waals surface area (Å²) in [5, 5.41) is 6.81. The molecule has 0 aliphatic heterocycles. The molecule has 1 fully saturated rings. The number of pyridine rings is 1. The first-order chi connectivity index (χ1) is 10.7. The maximum atomic E-state index is 12.8. The molecule has 0 atom stereocenters. The zero-order valence-electron chi connectivity index (χ0n) is 12.2. The summed E-state index contributed by atoms with van der Waals surface area (Å²) in [6.45, 7) is 0.333. The minimum atomic E-state index is -0.400. The first-order valence-corrected chi connectivity index (χ1v) is 7.57. The Balaban J connectivity index is 1.57. The number of amides is 1. The number of aromatic nitrogens is 2. The average molecular weight is 303 g/mol. The van der Waals surface area contributed by atoms with Crippen LogP contribution in [0.25, 0.3) is 11.5 Å². The Morgan fingerprint density at radius 3 is 2.86 bits per heavy atom. The minimum absolute atomic E-state index is 0.0872. The van der Waals surface area contributed by atoms with E-state index in [9.17, 15) is 9.18 Å². The molecule has 1 aliphatic rings. The van der Waals surface area contributed by atoms with Crippen molar-refractivity contribution in [1.29, 1.82) is 0 Å². The predicted molar refractivity (Wildman–Crippen MR) is 78.1 cm³/mol. The zero-order chi connectivity index (χ0) is 15.4. The summed E-state index contributed by atoms with van der Waals surface area (Å²) in [6, 6.07) is 4.55. The second kappa shape index (κ2) is 6.68. The maximum absolute atomic E-state index is 12.8. The van der Waals surface area contributed by atoms with Gasteiger partial charge in [0.25, 0.3) is 0 Å². The fourth-order valence-electron chi connectivity index (χ4n) is 2.72. The molecule has 3 rings (SSSR count). The average Bonchev–Trinajstić information content (AvgIpc) is 3.03. The highest BCUT2D eigenvalue weighted by molar-refractivity contribution is 5.78. The summed E-state index contributed by atoms with van der Waals surface area (Å²) in [5.41, 5.74) is 1.14. The minimum Gasteiger partial charge on any atom is -0.354 e. The van der Waals surface area contributed by atoms with Crippen LogP contribution >= 0.6 is 0 Å². The van der Waals surface area contributed by atoms with Crippen LogP contribution in [0.15, 0.2) is 28.9 Å². The van der Waals surface area contributed by atoms with E-state index in [0.717, 1.165) is 31.9 Å². The van der Waals surface area contributed by atoms with Gasteiger partial charge in [-0.3, -0.25) is 4.79 Å². The predicted octanol–water partition coefficient (Wildman–Crippen LogP) is 3.07. The van der Waals surface area contributed by atoms with Crippen molar-refractivity contribution in [3.8, 4) is 11.5 Å². The SMILES string of the molecule is O=C(NCc1cc(-c2ccc(F)cn2)on1)C1CCCCC1. The molecule has 5 nitrogen and oxygen atoms in total. The Morgan fingerprint density at radius 2 is 2.14 bits per heavy atom. The number of hydrogen-bond acceptors (Lipinski definition) is 4. The van der Waals surface area contributed by atoms with Gasteiger partial charge in [0.2, 0.25) is 5.91 Å². The Bertz CT molecular complexity index is 633. The van der Waals surface area contributed by atoms with Gasteiger partial charge in [-0.15, -0.1) is 0 Å². The highest BCUT2D eigenvalue weighted by Crippen LogP contribution is 2.24. The Labute approximate surface area is 127 Å². The molecular weight excluding hydrogens is 285 g/mol. The molecule has 0 aromatic carbocycles. The molecule has 2 heterocycles. The topological polar surface area (TPSA) is 68.0 Å². The molecule has 1 N–H and O–H groups in total. The van der Waals surface area contributed by atoms with Gasteiger partial charge in [-0.05, 0) is 25.0 Å². The second-order valence-corrected chi connectivity index (χ2v) is 5.60. The molecule has 0 saturated heterocycles. The molecule has 2 aromatic rings. The van der Waals surface area contributed by atoms with Crippen molar-refractivity contribution >= 4 is 5.91 Å². The van der Waals surface area contributed by atoms with Gasteiger partial charge in [0.15, 0.2) is 5.76 Å². The van der Waals surface area contributed by atoms with Crippen molar-refractivity contribution < 1.29 is 13.7 Å². The van der Waals surface area contributed by atoms with Gasteiger partial charge in [-0.2, -0.15) is 0 Å². The smallest absolute Gasteiger partial charge is 0.223 e. The highest BCUT2D eigenvalue weighted by Gasteiger charge is 2.21. The molecule has 6 heteroatoms. The summed E-state index contributed by atoms with van der Waals surface area (Å²) in [5.74, 6) is 0.271. The molecule has 1 saturated carbocycles. The van der Waals surface area contributed by atoms with Crippen molar-refractivity contribution in [2.75, 3.05) is 0 Å². The number of carbonyl (C=O) groups is 1. The summed E-state index contributed by atoms with van der Waals surface area (Å²) < 4.78 is 18.0. The van der Waals surface area contributed by atoms with Crippen LogP contribution in [0.2, 0.25) is 0 Å². The first-order valence-electron chi connectivity index (χ1n) is 7.57. The molecule has 0 radical (unpaired) electrons. The number of hydrogen-bond donors (Lipinski definition) is 1. The van der Waals surface area contributed by atoms with Gasteiger partial charge in [0.1, 0.15) is 17.2 Å². The molecule has 1 amide bonds. The molecule has 0 spiro atoms. The van der Waals surface area contributed by atoms with Crippen LogP contribution in [0, 0.1) is 11.7 Å². The highest BCUT2D eigenvalue weighted by atomic mass is 19.1. The monoisotopic (exact) mass is 303 g/mol. The fourth-order valence-corrected chi connectivity index (χ4v) is 2.72. The maximum Gasteiger partial charge on any atom is 0.223 e. The summed E-state index contributed by atoms with van der Waals surface area (Å²) in [6.07, 6.45) is 6.54. The van der Waals surface area contributed by atoms with Crippen molar-refractivity contribution in [3.63, 3.8) is 0 Å². The van der Waals surface area contributed by atoms with E-state index in [1.165, 1.54) is 18.6 Å². The molecule has 0 unspecified atom stereocenters. The Morgan fingerprint density at radius 1 is 1.32 bits per heavy atom. The number of nitrogens with one attached hydrogen (secondary N) is 1. The summed E-state index contributed by atoms with van der Waals surface area (Å²) >= 11 is 0. The Kier molecular flexibility index (Phi) is 4.46. The summed E-state index contributed by atoms with van der Waals surface area (Å²) in [4.78, 5) is 16.0. The summed E-state index contributed by atoms with van der Waals surface area (Å²) in [7, 11) is 0. The zero-order valence-corrected chi connectivity index (χ0v) is 12.2. The van der Waals surface area contributed by atoms with Crippen molar-refractivity contribution in [2.45, 2.75) is 38.6 Å². The Hall–Kier alpha value is -2.24. The number of nitrogens with zero attached hydrogens (tertiary/aromatic N) is 2. The van der Waals surface area contributed by atoms with Gasteiger partial charge in [0, 0.05) is 12.0 Å². The van der Waals surface area contributed by atoms with Crippen LogP contribution < -0.4 is 5.32 Å². The van der Waals surface area contributed by atoms with Crippen molar-refractivity contribution in [2.24, 2.45) is 5.92 Å².